The molecule has 0 radical (unpaired) electrons. The normalized spacial score (nSPS) is 12.1. The molecule has 6 heteroatoms. The summed E-state index contributed by atoms with van der Waals surface area (Å²) in [6.07, 6.45) is 1.46. The van der Waals surface area contributed by atoms with E-state index in [1.54, 1.807) is 14.2 Å². The molecular formula is C24H39NO4Si. The fraction of sp³-hybridized carbons (Fsp3) is 0.625. The molecule has 0 heterocycles. The number of methoxy groups -OCH3 is 2. The third-order valence-corrected chi connectivity index (χ3v) is 11.4. The maximum Gasteiger partial charge on any atom is 0.201 e. The fourth-order valence-electron chi connectivity index (χ4n) is 4.13. The average molecular weight is 434 g/mol. The molecule has 0 saturated heterocycles. The zero-order chi connectivity index (χ0) is 22.9. The highest BCUT2D eigenvalue weighted by Gasteiger charge is 2.44. The van der Waals surface area contributed by atoms with E-state index in [-0.39, 0.29) is 6.10 Å². The highest BCUT2D eigenvalue weighted by Crippen LogP contribution is 2.42. The summed E-state index contributed by atoms with van der Waals surface area (Å²) in [5, 5.41) is 0. The molecule has 0 aliphatic heterocycles. The molecule has 0 fully saturated rings. The standard InChI is InChI=1S/C24H39NO4Si/c1-17(2)28-16-25-24-21(22(26-9)13-14-23(24)27-10)12-11-15-29-30(18(3)4,19(5)6)20(7)8/h13-14,16-20H,15H2,1-10H3. The monoisotopic (exact) mass is 433 g/mol. The van der Waals surface area contributed by atoms with Crippen LogP contribution in [0.15, 0.2) is 17.1 Å². The second kappa shape index (κ2) is 12.0. The van der Waals surface area contributed by atoms with E-state index in [0.29, 0.717) is 46.0 Å². The summed E-state index contributed by atoms with van der Waals surface area (Å²) in [7, 11) is 1.27. The molecule has 168 valence electrons. The molecule has 0 aliphatic carbocycles. The Balaban J connectivity index is 3.27. The summed E-state index contributed by atoms with van der Waals surface area (Å²) in [6.45, 7) is 17.9. The summed E-state index contributed by atoms with van der Waals surface area (Å²) in [5.74, 6) is 7.66. The average Bonchev–Trinajstić information content (AvgIpc) is 2.67. The van der Waals surface area contributed by atoms with Gasteiger partial charge in [-0.2, -0.15) is 0 Å². The minimum Gasteiger partial charge on any atom is -0.495 e. The van der Waals surface area contributed by atoms with Crippen LogP contribution in [0.2, 0.25) is 16.6 Å². The van der Waals surface area contributed by atoms with Crippen molar-refractivity contribution in [2.24, 2.45) is 4.99 Å². The number of nitrogens with zero attached hydrogens (tertiary/aromatic N) is 1. The zero-order valence-electron chi connectivity index (χ0n) is 20.3. The molecule has 0 bridgehead atoms. The topological polar surface area (TPSA) is 49.3 Å². The molecule has 1 rings (SSSR count). The number of benzene rings is 1. The Morgan fingerprint density at radius 2 is 1.43 bits per heavy atom. The maximum absolute atomic E-state index is 6.55. The van der Waals surface area contributed by atoms with E-state index in [2.05, 4.69) is 58.4 Å². The number of rotatable bonds is 10. The van der Waals surface area contributed by atoms with E-state index >= 15 is 0 Å². The Labute approximate surface area is 184 Å². The van der Waals surface area contributed by atoms with Crippen LogP contribution in [-0.2, 0) is 9.16 Å². The summed E-state index contributed by atoms with van der Waals surface area (Å²) in [4.78, 5) is 4.45. The van der Waals surface area contributed by atoms with Crippen LogP contribution < -0.4 is 9.47 Å². The highest BCUT2D eigenvalue weighted by molar-refractivity contribution is 6.77. The molecule has 0 unspecified atom stereocenters. The molecule has 5 nitrogen and oxygen atoms in total. The second-order valence-electron chi connectivity index (χ2n) is 8.52. The molecule has 0 N–H and O–H groups in total. The van der Waals surface area contributed by atoms with Gasteiger partial charge in [0.15, 0.2) is 6.40 Å². The Morgan fingerprint density at radius 3 is 1.90 bits per heavy atom. The van der Waals surface area contributed by atoms with Crippen molar-refractivity contribution in [3.63, 3.8) is 0 Å². The number of hydrogen-bond donors (Lipinski definition) is 0. The first-order valence-corrected chi connectivity index (χ1v) is 12.8. The van der Waals surface area contributed by atoms with Gasteiger partial charge >= 0.3 is 0 Å². The number of aliphatic imine (C=N–C) groups is 1. The van der Waals surface area contributed by atoms with E-state index in [4.69, 9.17) is 18.6 Å². The van der Waals surface area contributed by atoms with Gasteiger partial charge in [0.1, 0.15) is 17.2 Å². The van der Waals surface area contributed by atoms with E-state index in [1.165, 1.54) is 6.40 Å². The van der Waals surface area contributed by atoms with Crippen molar-refractivity contribution in [1.29, 1.82) is 0 Å². The Kier molecular flexibility index (Phi) is 10.4. The Morgan fingerprint density at radius 1 is 0.900 bits per heavy atom. The van der Waals surface area contributed by atoms with Gasteiger partial charge in [0, 0.05) is 0 Å². The van der Waals surface area contributed by atoms with E-state index in [0.717, 1.165) is 0 Å². The van der Waals surface area contributed by atoms with Gasteiger partial charge in [-0.25, -0.2) is 4.99 Å². The van der Waals surface area contributed by atoms with Crippen molar-refractivity contribution < 1.29 is 18.6 Å². The molecule has 0 aliphatic rings. The van der Waals surface area contributed by atoms with Gasteiger partial charge in [-0.1, -0.05) is 53.4 Å². The van der Waals surface area contributed by atoms with Gasteiger partial charge < -0.3 is 18.6 Å². The maximum atomic E-state index is 6.55. The molecule has 0 spiro atoms. The minimum absolute atomic E-state index is 0.0365. The van der Waals surface area contributed by atoms with Crippen molar-refractivity contribution in [3.8, 4) is 23.3 Å². The SMILES string of the molecule is COc1ccc(OC)c(N=COC(C)C)c1C#CCO[Si](C(C)C)(C(C)C)C(C)C. The van der Waals surface area contributed by atoms with Crippen LogP contribution in [0.1, 0.15) is 61.0 Å². The van der Waals surface area contributed by atoms with Gasteiger partial charge in [0.25, 0.3) is 0 Å². The van der Waals surface area contributed by atoms with Crippen LogP contribution >= 0.6 is 0 Å². The number of ether oxygens (including phenoxy) is 3. The molecule has 1 aromatic rings. The van der Waals surface area contributed by atoms with Crippen LogP contribution in [0.5, 0.6) is 11.5 Å². The Hall–Kier alpha value is -1.97. The van der Waals surface area contributed by atoms with Crippen molar-refractivity contribution in [1.82, 2.24) is 0 Å². The van der Waals surface area contributed by atoms with E-state index in [1.807, 2.05) is 26.0 Å². The fourth-order valence-corrected chi connectivity index (χ4v) is 9.45. The van der Waals surface area contributed by atoms with Gasteiger partial charge in [0.05, 0.1) is 32.5 Å². The molecular weight excluding hydrogens is 394 g/mol. The van der Waals surface area contributed by atoms with Crippen LogP contribution in [0, 0.1) is 11.8 Å². The van der Waals surface area contributed by atoms with Crippen LogP contribution in [0.25, 0.3) is 0 Å². The lowest BCUT2D eigenvalue weighted by atomic mass is 10.1. The predicted octanol–water partition coefficient (Wildman–Crippen LogP) is 6.33. The zero-order valence-corrected chi connectivity index (χ0v) is 21.3. The molecule has 30 heavy (non-hydrogen) atoms. The number of hydrogen-bond acceptors (Lipinski definition) is 5. The smallest absolute Gasteiger partial charge is 0.201 e. The van der Waals surface area contributed by atoms with Crippen molar-refractivity contribution in [2.45, 2.75) is 78.1 Å². The van der Waals surface area contributed by atoms with Gasteiger partial charge in [-0.05, 0) is 42.6 Å². The first-order chi connectivity index (χ1) is 14.1. The molecule has 0 atom stereocenters. The summed E-state index contributed by atoms with van der Waals surface area (Å²) in [6, 6.07) is 3.65. The molecule has 0 saturated carbocycles. The minimum atomic E-state index is -1.96. The molecule has 0 amide bonds. The van der Waals surface area contributed by atoms with Crippen LogP contribution in [0.4, 0.5) is 5.69 Å². The summed E-state index contributed by atoms with van der Waals surface area (Å²) < 4.78 is 23.0. The van der Waals surface area contributed by atoms with Crippen LogP contribution in [0.3, 0.4) is 0 Å². The van der Waals surface area contributed by atoms with Gasteiger partial charge in [-0.3, -0.25) is 0 Å². The van der Waals surface area contributed by atoms with Crippen molar-refractivity contribution >= 4 is 20.4 Å². The van der Waals surface area contributed by atoms with Gasteiger partial charge in [0.2, 0.25) is 8.32 Å². The van der Waals surface area contributed by atoms with E-state index in [9.17, 15) is 0 Å². The highest BCUT2D eigenvalue weighted by atomic mass is 28.4. The van der Waals surface area contributed by atoms with Crippen molar-refractivity contribution in [2.75, 3.05) is 20.8 Å². The lowest BCUT2D eigenvalue weighted by Gasteiger charge is -2.41. The van der Waals surface area contributed by atoms with Gasteiger partial charge in [-0.15, -0.1) is 0 Å². The molecule has 1 aromatic carbocycles. The quantitative estimate of drug-likeness (QED) is 0.187. The lowest BCUT2D eigenvalue weighted by Crippen LogP contribution is -2.47. The third kappa shape index (κ3) is 6.26. The Bertz CT molecular complexity index is 739. The largest absolute Gasteiger partial charge is 0.495 e. The first kappa shape index (κ1) is 26.1. The lowest BCUT2D eigenvalue weighted by molar-refractivity contribution is 0.241. The van der Waals surface area contributed by atoms with Crippen molar-refractivity contribution in [3.05, 3.63) is 17.7 Å². The first-order valence-electron chi connectivity index (χ1n) is 10.7. The second-order valence-corrected chi connectivity index (χ2v) is 14.0. The third-order valence-electron chi connectivity index (χ3n) is 5.37. The van der Waals surface area contributed by atoms with E-state index < -0.39 is 8.32 Å². The van der Waals surface area contributed by atoms with Crippen LogP contribution in [-0.4, -0.2) is 41.6 Å². The summed E-state index contributed by atoms with van der Waals surface area (Å²) in [5.41, 5.74) is 2.79. The molecule has 0 aromatic heterocycles. The summed E-state index contributed by atoms with van der Waals surface area (Å²) >= 11 is 0. The predicted molar refractivity (Wildman–Crippen MR) is 128 cm³/mol.